The largest absolute Gasteiger partial charge is 0.458 e. The van der Waals surface area contributed by atoms with Gasteiger partial charge in [-0.3, -0.25) is 4.79 Å². The van der Waals surface area contributed by atoms with Gasteiger partial charge in [-0.25, -0.2) is 4.79 Å². The van der Waals surface area contributed by atoms with E-state index >= 15 is 0 Å². The van der Waals surface area contributed by atoms with E-state index in [4.69, 9.17) is 4.74 Å². The molecule has 0 fully saturated rings. The lowest BCUT2D eigenvalue weighted by Crippen LogP contribution is -2.33. The van der Waals surface area contributed by atoms with Gasteiger partial charge in [0.05, 0.1) is 12.2 Å². The van der Waals surface area contributed by atoms with E-state index in [1.165, 1.54) is 18.2 Å². The number of hydrogen-bond acceptors (Lipinski definition) is 5. The summed E-state index contributed by atoms with van der Waals surface area (Å²) >= 11 is 0. The molecule has 5 heteroatoms. The zero-order chi connectivity index (χ0) is 12.1. The Bertz CT molecular complexity index is 342. The number of Topliss-reactive ketones (excluding diaryl/α,β-unsaturated/α-hetero) is 1. The minimum Gasteiger partial charge on any atom is -0.458 e. The minimum atomic E-state index is -1.08. The van der Waals surface area contributed by atoms with Crippen LogP contribution in [0.2, 0.25) is 0 Å². The van der Waals surface area contributed by atoms with Crippen molar-refractivity contribution < 1.29 is 24.5 Å². The third kappa shape index (κ3) is 3.29. The molecule has 0 spiro atoms. The van der Waals surface area contributed by atoms with Crippen LogP contribution in [0.25, 0.3) is 0 Å². The monoisotopic (exact) mass is 226 g/mol. The van der Waals surface area contributed by atoms with Crippen LogP contribution in [0.5, 0.6) is 0 Å². The van der Waals surface area contributed by atoms with Crippen LogP contribution in [0.3, 0.4) is 0 Å². The molecule has 0 heterocycles. The van der Waals surface area contributed by atoms with E-state index in [-0.39, 0.29) is 24.4 Å². The van der Waals surface area contributed by atoms with Crippen LogP contribution in [0.15, 0.2) is 23.8 Å². The van der Waals surface area contributed by atoms with Crippen molar-refractivity contribution in [2.45, 2.75) is 25.6 Å². The highest BCUT2D eigenvalue weighted by Gasteiger charge is 2.27. The lowest BCUT2D eigenvalue weighted by atomic mass is 9.94. The lowest BCUT2D eigenvalue weighted by molar-refractivity contribution is -0.137. The molecular weight excluding hydrogens is 212 g/mol. The lowest BCUT2D eigenvalue weighted by Gasteiger charge is -2.21. The van der Waals surface area contributed by atoms with Crippen molar-refractivity contribution in [1.29, 1.82) is 0 Å². The first-order valence-corrected chi connectivity index (χ1v) is 4.94. The molecule has 0 bridgehead atoms. The van der Waals surface area contributed by atoms with E-state index in [1.807, 2.05) is 0 Å². The summed E-state index contributed by atoms with van der Waals surface area (Å²) in [6.07, 6.45) is 1.70. The summed E-state index contributed by atoms with van der Waals surface area (Å²) in [6, 6.07) is 0. The number of ketones is 1. The summed E-state index contributed by atoms with van der Waals surface area (Å²) in [5.74, 6) is -0.858. The normalized spacial score (nSPS) is 25.7. The van der Waals surface area contributed by atoms with Gasteiger partial charge in [0.2, 0.25) is 0 Å². The van der Waals surface area contributed by atoms with Gasteiger partial charge in [-0.1, -0.05) is 6.08 Å². The first-order valence-electron chi connectivity index (χ1n) is 4.94. The molecule has 0 aromatic heterocycles. The van der Waals surface area contributed by atoms with Gasteiger partial charge in [0.25, 0.3) is 0 Å². The molecule has 0 aliphatic heterocycles. The zero-order valence-corrected chi connectivity index (χ0v) is 8.92. The fourth-order valence-electron chi connectivity index (χ4n) is 1.31. The summed E-state index contributed by atoms with van der Waals surface area (Å²) in [5.41, 5.74) is 0.218. The summed E-state index contributed by atoms with van der Waals surface area (Å²) in [5, 5.41) is 18.5. The number of aliphatic hydroxyl groups is 2. The van der Waals surface area contributed by atoms with Crippen LogP contribution in [0.1, 0.15) is 13.3 Å². The Balaban J connectivity index is 2.57. The summed E-state index contributed by atoms with van der Waals surface area (Å²) in [4.78, 5) is 22.4. The number of ether oxygens (including phenoxy) is 1. The predicted molar refractivity (Wildman–Crippen MR) is 55.5 cm³/mol. The van der Waals surface area contributed by atoms with Gasteiger partial charge < -0.3 is 14.9 Å². The van der Waals surface area contributed by atoms with Gasteiger partial charge in [-0.2, -0.15) is 0 Å². The molecule has 2 atom stereocenters. The van der Waals surface area contributed by atoms with E-state index in [2.05, 4.69) is 0 Å². The second-order valence-electron chi connectivity index (χ2n) is 3.48. The van der Waals surface area contributed by atoms with E-state index in [0.29, 0.717) is 0 Å². The maximum absolute atomic E-state index is 11.4. The van der Waals surface area contributed by atoms with Gasteiger partial charge in [0.15, 0.2) is 5.78 Å². The Morgan fingerprint density at radius 3 is 2.94 bits per heavy atom. The van der Waals surface area contributed by atoms with Gasteiger partial charge in [0.1, 0.15) is 6.61 Å². The predicted octanol–water partition coefficient (Wildman–Crippen LogP) is -0.273. The van der Waals surface area contributed by atoms with Crippen LogP contribution in [-0.2, 0) is 14.3 Å². The molecule has 0 saturated heterocycles. The SMILES string of the molecule is C/C=C/C(=O)OCC1=C[C@@H](O)[C@H](O)CC1=O. The molecule has 0 aromatic carbocycles. The molecule has 0 saturated carbocycles. The smallest absolute Gasteiger partial charge is 0.330 e. The fourth-order valence-corrected chi connectivity index (χ4v) is 1.31. The van der Waals surface area contributed by atoms with Gasteiger partial charge in [0, 0.05) is 18.1 Å². The Morgan fingerprint density at radius 1 is 1.62 bits per heavy atom. The number of rotatable bonds is 3. The highest BCUT2D eigenvalue weighted by atomic mass is 16.5. The Morgan fingerprint density at radius 2 is 2.31 bits per heavy atom. The van der Waals surface area contributed by atoms with Crippen molar-refractivity contribution in [3.05, 3.63) is 23.8 Å². The van der Waals surface area contributed by atoms with Crippen LogP contribution < -0.4 is 0 Å². The van der Waals surface area contributed by atoms with Crippen molar-refractivity contribution in [2.75, 3.05) is 6.61 Å². The fraction of sp³-hybridized carbons (Fsp3) is 0.455. The third-order valence-corrected chi connectivity index (χ3v) is 2.19. The quantitative estimate of drug-likeness (QED) is 0.511. The second kappa shape index (κ2) is 5.58. The number of carbonyl (C=O) groups excluding carboxylic acids is 2. The van der Waals surface area contributed by atoms with E-state index in [0.717, 1.165) is 0 Å². The maximum atomic E-state index is 11.4. The summed E-state index contributed by atoms with van der Waals surface area (Å²) in [6.45, 7) is 1.50. The van der Waals surface area contributed by atoms with Crippen molar-refractivity contribution in [3.63, 3.8) is 0 Å². The Labute approximate surface area is 93.0 Å². The molecule has 2 N–H and O–H groups in total. The number of esters is 1. The minimum absolute atomic E-state index is 0.145. The molecule has 0 amide bonds. The number of aliphatic hydroxyl groups excluding tert-OH is 2. The molecule has 0 unspecified atom stereocenters. The van der Waals surface area contributed by atoms with Crippen LogP contribution >= 0.6 is 0 Å². The van der Waals surface area contributed by atoms with Crippen molar-refractivity contribution in [2.24, 2.45) is 0 Å². The molecule has 88 valence electrons. The molecule has 1 aliphatic rings. The highest BCUT2D eigenvalue weighted by Crippen LogP contribution is 2.15. The first kappa shape index (κ1) is 12.6. The van der Waals surface area contributed by atoms with Crippen molar-refractivity contribution in [3.8, 4) is 0 Å². The molecule has 1 rings (SSSR count). The van der Waals surface area contributed by atoms with Crippen LogP contribution in [0, 0.1) is 0 Å². The molecule has 0 radical (unpaired) electrons. The van der Waals surface area contributed by atoms with E-state index in [9.17, 15) is 19.8 Å². The first-order chi connectivity index (χ1) is 7.54. The number of allylic oxidation sites excluding steroid dienone is 1. The van der Waals surface area contributed by atoms with Crippen molar-refractivity contribution >= 4 is 11.8 Å². The molecule has 5 nitrogen and oxygen atoms in total. The molecule has 1 aliphatic carbocycles. The van der Waals surface area contributed by atoms with E-state index < -0.39 is 18.2 Å². The summed E-state index contributed by atoms with van der Waals surface area (Å²) < 4.78 is 4.77. The zero-order valence-electron chi connectivity index (χ0n) is 8.92. The van der Waals surface area contributed by atoms with Crippen LogP contribution in [-0.4, -0.2) is 40.8 Å². The topological polar surface area (TPSA) is 83.8 Å². The summed E-state index contributed by atoms with van der Waals surface area (Å²) in [7, 11) is 0. The number of hydrogen-bond donors (Lipinski definition) is 2. The molecule has 0 aromatic rings. The maximum Gasteiger partial charge on any atom is 0.330 e. The van der Waals surface area contributed by atoms with Gasteiger partial charge >= 0.3 is 5.97 Å². The second-order valence-corrected chi connectivity index (χ2v) is 3.48. The Kier molecular flexibility index (Phi) is 4.39. The van der Waals surface area contributed by atoms with Crippen molar-refractivity contribution in [1.82, 2.24) is 0 Å². The standard InChI is InChI=1S/C11H14O5/c1-2-3-11(15)16-6-7-4-9(13)10(14)5-8(7)12/h2-4,9-10,13-14H,5-6H2,1H3/b3-2+/t9-,10-/m1/s1. The highest BCUT2D eigenvalue weighted by molar-refractivity contribution is 5.97. The van der Waals surface area contributed by atoms with E-state index in [1.54, 1.807) is 6.92 Å². The molecular formula is C11H14O5. The average molecular weight is 226 g/mol. The van der Waals surface area contributed by atoms with Crippen LogP contribution in [0.4, 0.5) is 0 Å². The van der Waals surface area contributed by atoms with Gasteiger partial charge in [-0.15, -0.1) is 0 Å². The third-order valence-electron chi connectivity index (χ3n) is 2.19. The number of carbonyl (C=O) groups is 2. The molecule has 16 heavy (non-hydrogen) atoms. The Hall–Kier alpha value is -1.46. The average Bonchev–Trinajstić information content (AvgIpc) is 2.22. The van der Waals surface area contributed by atoms with Gasteiger partial charge in [-0.05, 0) is 13.0 Å².